The highest BCUT2D eigenvalue weighted by molar-refractivity contribution is 5.98. The van der Waals surface area contributed by atoms with Crippen LogP contribution >= 0.6 is 0 Å². The maximum atomic E-state index is 14.7. The maximum absolute atomic E-state index is 14.7. The van der Waals surface area contributed by atoms with Crippen LogP contribution in [0, 0.1) is 5.92 Å². The summed E-state index contributed by atoms with van der Waals surface area (Å²) < 4.78 is 0. The Kier molecular flexibility index (Phi) is 22.2. The first-order valence-electron chi connectivity index (χ1n) is 25.4. The molecule has 1 aromatic heterocycles. The quantitative estimate of drug-likeness (QED) is 0.0297. The predicted octanol–water partition coefficient (Wildman–Crippen LogP) is -1.41. The van der Waals surface area contributed by atoms with Crippen molar-refractivity contribution >= 4 is 59.1 Å². The van der Waals surface area contributed by atoms with E-state index in [2.05, 4.69) is 41.9 Å². The molecule has 1 aliphatic heterocycles. The summed E-state index contributed by atoms with van der Waals surface area (Å²) >= 11 is 0. The molecule has 0 bridgehead atoms. The van der Waals surface area contributed by atoms with Crippen LogP contribution in [-0.4, -0.2) is 144 Å². The number of aromatic nitrogens is 2. The van der Waals surface area contributed by atoms with Crippen molar-refractivity contribution < 1.29 is 63.3 Å². The van der Waals surface area contributed by atoms with Gasteiger partial charge in [0.25, 0.3) is 0 Å². The fraction of sp³-hybridized carbons (Fsp3) is 0.415. The third-order valence-electron chi connectivity index (χ3n) is 13.2. The average molecular weight is 1080 g/mol. The third kappa shape index (κ3) is 18.2. The zero-order chi connectivity index (χ0) is 57.1. The number of aromatic amines is 1. The number of aromatic hydroxyl groups is 2. The summed E-state index contributed by atoms with van der Waals surface area (Å²) in [5.74, 6) is -9.87. The number of carbonyl (C=O) groups excluding carboxylic acids is 9. The number of nitrogens with two attached hydrogens (primary N) is 3. The molecule has 78 heavy (non-hydrogen) atoms. The van der Waals surface area contributed by atoms with Crippen LogP contribution in [0.4, 0.5) is 0 Å². The van der Waals surface area contributed by atoms with Gasteiger partial charge in [0.15, 0.2) is 0 Å². The van der Waals surface area contributed by atoms with Gasteiger partial charge in [-0.05, 0) is 66.1 Å². The zero-order valence-electron chi connectivity index (χ0n) is 43.2. The van der Waals surface area contributed by atoms with Gasteiger partial charge in [0, 0.05) is 50.5 Å². The standard InChI is InChI=1S/C53H68N12O13/c1-3-29(2)45(64-49(73)39(23-31-11-15-34(66)16-12-31)60-47(71)37(19-20-43(55)68)59-46(70)36(54)25-33-27-57-28-58-33)51(75)61-38(22-30-8-5-4-6-9-30)48(72)62-40(24-32-13-17-35(67)18-14-32)52(76)65-21-7-10-42(65)50(74)63-41(53(77)78)26-44(56)69/h4-6,8-9,11-18,27-29,36-42,45,66-67H,3,7,10,19-26,54H2,1-2H3,(H2,55,68)(H2,56,69)(H,57,58)(H,59,70)(H,60,71)(H,61,75)(H,62,72)(H,63,74)(H,64,73)(H,77,78)/t29-,36-,37-,38-,39-,40-,41-,42-,45-/m0/s1. The van der Waals surface area contributed by atoms with Crippen molar-refractivity contribution in [2.75, 3.05) is 6.54 Å². The van der Waals surface area contributed by atoms with E-state index in [-0.39, 0.29) is 63.0 Å². The third-order valence-corrected chi connectivity index (χ3v) is 13.2. The first-order chi connectivity index (χ1) is 37.1. The number of nitrogens with one attached hydrogen (secondary N) is 7. The van der Waals surface area contributed by atoms with E-state index in [1.165, 1.54) is 66.0 Å². The summed E-state index contributed by atoms with van der Waals surface area (Å²) in [7, 11) is 0. The van der Waals surface area contributed by atoms with E-state index in [0.29, 0.717) is 35.2 Å². The summed E-state index contributed by atoms with van der Waals surface area (Å²) in [6.45, 7) is 3.47. The van der Waals surface area contributed by atoms with E-state index in [1.807, 2.05) is 0 Å². The van der Waals surface area contributed by atoms with Gasteiger partial charge in [-0.3, -0.25) is 43.2 Å². The number of H-pyrrole nitrogens is 1. The topological polar surface area (TPSA) is 414 Å². The minimum absolute atomic E-state index is 0.0200. The fourth-order valence-corrected chi connectivity index (χ4v) is 8.70. The first kappa shape index (κ1) is 60.0. The molecule has 25 nitrogen and oxygen atoms in total. The summed E-state index contributed by atoms with van der Waals surface area (Å²) in [4.78, 5) is 143. The molecule has 25 heteroatoms. The van der Waals surface area contributed by atoms with E-state index in [1.54, 1.807) is 44.2 Å². The van der Waals surface area contributed by atoms with Gasteiger partial charge in [0.1, 0.15) is 53.8 Å². The number of carbonyl (C=O) groups is 10. The van der Waals surface area contributed by atoms with Crippen LogP contribution in [0.2, 0.25) is 0 Å². The normalized spacial score (nSPS) is 16.1. The number of imidazole rings is 1. The van der Waals surface area contributed by atoms with Gasteiger partial charge in [-0.25, -0.2) is 9.78 Å². The Balaban J connectivity index is 1.43. The monoisotopic (exact) mass is 1080 g/mol. The molecule has 0 saturated carbocycles. The van der Waals surface area contributed by atoms with Crippen LogP contribution in [-0.2, 0) is 73.6 Å². The van der Waals surface area contributed by atoms with Gasteiger partial charge in [0.05, 0.1) is 18.8 Å². The lowest BCUT2D eigenvalue weighted by molar-refractivity contribution is -0.146. The highest BCUT2D eigenvalue weighted by Crippen LogP contribution is 2.22. The molecule has 4 aromatic rings. The number of primary amides is 2. The number of hydrogen-bond donors (Lipinski definition) is 13. The lowest BCUT2D eigenvalue weighted by Crippen LogP contribution is -2.61. The van der Waals surface area contributed by atoms with Crippen molar-refractivity contribution in [3.8, 4) is 11.5 Å². The van der Waals surface area contributed by atoms with Gasteiger partial charge in [-0.1, -0.05) is 74.9 Å². The lowest BCUT2D eigenvalue weighted by atomic mass is 9.96. The molecular formula is C53H68N12O13. The lowest BCUT2D eigenvalue weighted by Gasteiger charge is -2.31. The molecule has 3 aromatic carbocycles. The second-order valence-corrected chi connectivity index (χ2v) is 19.2. The Bertz CT molecular complexity index is 2730. The van der Waals surface area contributed by atoms with Crippen molar-refractivity contribution in [2.24, 2.45) is 23.1 Å². The van der Waals surface area contributed by atoms with Crippen LogP contribution in [0.3, 0.4) is 0 Å². The highest BCUT2D eigenvalue weighted by atomic mass is 16.4. The Hall–Kier alpha value is -8.87. The molecular weight excluding hydrogens is 1010 g/mol. The number of rotatable bonds is 29. The molecule has 1 saturated heterocycles. The number of hydrogen-bond acceptors (Lipinski definition) is 14. The molecule has 16 N–H and O–H groups in total. The van der Waals surface area contributed by atoms with Crippen molar-refractivity contribution in [3.63, 3.8) is 0 Å². The molecule has 0 spiro atoms. The van der Waals surface area contributed by atoms with E-state index >= 15 is 0 Å². The molecule has 1 aliphatic rings. The molecule has 5 rings (SSSR count). The van der Waals surface area contributed by atoms with E-state index in [0.717, 1.165) is 0 Å². The minimum Gasteiger partial charge on any atom is -0.508 e. The molecule has 0 radical (unpaired) electrons. The number of amides is 9. The second kappa shape index (κ2) is 28.9. The predicted molar refractivity (Wildman–Crippen MR) is 280 cm³/mol. The number of carboxylic acid groups (broad SMARTS) is 1. The smallest absolute Gasteiger partial charge is 0.326 e. The number of benzene rings is 3. The zero-order valence-corrected chi connectivity index (χ0v) is 43.2. The van der Waals surface area contributed by atoms with E-state index in [9.17, 15) is 63.3 Å². The Morgan fingerprint density at radius 3 is 1.72 bits per heavy atom. The largest absolute Gasteiger partial charge is 0.508 e. The number of nitrogens with zero attached hydrogens (tertiary/aromatic N) is 2. The molecule has 418 valence electrons. The van der Waals surface area contributed by atoms with Gasteiger partial charge in [-0.15, -0.1) is 0 Å². The van der Waals surface area contributed by atoms with Crippen LogP contribution in [0.25, 0.3) is 0 Å². The number of phenols is 2. The van der Waals surface area contributed by atoms with Gasteiger partial charge >= 0.3 is 5.97 Å². The van der Waals surface area contributed by atoms with Gasteiger partial charge in [0.2, 0.25) is 53.2 Å². The summed E-state index contributed by atoms with van der Waals surface area (Å²) in [5, 5.41) is 45.4. The Morgan fingerprint density at radius 1 is 0.654 bits per heavy atom. The molecule has 0 unspecified atom stereocenters. The minimum atomic E-state index is -1.68. The number of carboxylic acids is 1. The van der Waals surface area contributed by atoms with Gasteiger partial charge < -0.3 is 74.3 Å². The Morgan fingerprint density at radius 2 is 1.18 bits per heavy atom. The number of likely N-dealkylation sites (tertiary alicyclic amines) is 1. The summed E-state index contributed by atoms with van der Waals surface area (Å²) in [6, 6.07) is 8.99. The summed E-state index contributed by atoms with van der Waals surface area (Å²) in [5.41, 5.74) is 18.8. The Labute approximate surface area is 449 Å². The highest BCUT2D eigenvalue weighted by Gasteiger charge is 2.41. The van der Waals surface area contributed by atoms with Crippen LogP contribution < -0.4 is 49.1 Å². The van der Waals surface area contributed by atoms with Crippen molar-refractivity contribution in [3.05, 3.63) is 114 Å². The van der Waals surface area contributed by atoms with Crippen LogP contribution in [0.1, 0.15) is 74.8 Å². The molecule has 9 amide bonds. The van der Waals surface area contributed by atoms with Crippen LogP contribution in [0.5, 0.6) is 11.5 Å². The van der Waals surface area contributed by atoms with Crippen LogP contribution in [0.15, 0.2) is 91.4 Å². The van der Waals surface area contributed by atoms with E-state index in [4.69, 9.17) is 17.2 Å². The fourth-order valence-electron chi connectivity index (χ4n) is 8.70. The van der Waals surface area contributed by atoms with Crippen molar-refractivity contribution in [2.45, 2.75) is 126 Å². The second-order valence-electron chi connectivity index (χ2n) is 19.2. The summed E-state index contributed by atoms with van der Waals surface area (Å²) in [6.07, 6.45) is 1.80. The maximum Gasteiger partial charge on any atom is 0.326 e. The van der Waals surface area contributed by atoms with Crippen molar-refractivity contribution in [1.82, 2.24) is 46.8 Å². The van der Waals surface area contributed by atoms with E-state index < -0.39 is 120 Å². The SMILES string of the molecule is CC[C@H](C)[C@H](NC(=O)[C@H](Cc1ccc(O)cc1)NC(=O)[C@H](CCC(N)=O)NC(=O)[C@@H](N)Cc1cnc[nH]1)C(=O)N[C@@H](Cc1ccccc1)C(=O)N[C@@H](Cc1ccc(O)cc1)C(=O)N1CCC[C@H]1C(=O)N[C@@H](CC(N)=O)C(=O)O. The first-order valence-corrected chi connectivity index (χ1v) is 25.4. The molecule has 0 aliphatic carbocycles. The molecule has 2 heterocycles. The number of aliphatic carboxylic acids is 1. The number of phenolic OH excluding ortho intramolecular Hbond substituents is 2. The van der Waals surface area contributed by atoms with Gasteiger partial charge in [-0.2, -0.15) is 0 Å². The van der Waals surface area contributed by atoms with Crippen molar-refractivity contribution in [1.29, 1.82) is 0 Å². The molecule has 9 atom stereocenters. The average Bonchev–Trinajstić information content (AvgIpc) is 4.13. The molecule has 1 fully saturated rings.